The van der Waals surface area contributed by atoms with E-state index in [1.807, 2.05) is 18.2 Å². The molecule has 0 radical (unpaired) electrons. The van der Waals surface area contributed by atoms with Crippen LogP contribution >= 0.6 is 0 Å². The van der Waals surface area contributed by atoms with E-state index in [0.717, 1.165) is 24.1 Å². The molecule has 3 rings (SSSR count). The van der Waals surface area contributed by atoms with Gasteiger partial charge in [-0.2, -0.15) is 0 Å². The first-order valence-electron chi connectivity index (χ1n) is 7.34. The van der Waals surface area contributed by atoms with E-state index in [2.05, 4.69) is 12.1 Å². The van der Waals surface area contributed by atoms with E-state index < -0.39 is 10.0 Å². The van der Waals surface area contributed by atoms with Crippen LogP contribution in [0.1, 0.15) is 18.4 Å². The first-order valence-corrected chi connectivity index (χ1v) is 8.89. The third-order valence-corrected chi connectivity index (χ3v) is 5.33. The normalized spacial score (nSPS) is 16.5. The molecule has 1 fully saturated rings. The number of nitrogens with two attached hydrogens (primary N) is 2. The van der Waals surface area contributed by atoms with Crippen molar-refractivity contribution < 1.29 is 8.42 Å². The largest absolute Gasteiger partial charge is 0.330 e. The predicted octanol–water partition coefficient (Wildman–Crippen LogP) is 2.28. The second-order valence-corrected chi connectivity index (χ2v) is 7.71. The molecule has 0 saturated heterocycles. The molecule has 116 valence electrons. The molecule has 0 bridgehead atoms. The Labute approximate surface area is 131 Å². The molecule has 0 aliphatic heterocycles. The van der Waals surface area contributed by atoms with Gasteiger partial charge in [0.05, 0.1) is 4.90 Å². The van der Waals surface area contributed by atoms with Crippen LogP contribution in [-0.4, -0.2) is 15.0 Å². The van der Waals surface area contributed by atoms with Gasteiger partial charge in [-0.3, -0.25) is 0 Å². The minimum Gasteiger partial charge on any atom is -0.330 e. The molecule has 22 heavy (non-hydrogen) atoms. The molecular formula is C17H20N2O2S. The summed E-state index contributed by atoms with van der Waals surface area (Å²) in [5.74, 6) is 0. The van der Waals surface area contributed by atoms with E-state index in [1.54, 1.807) is 12.1 Å². The van der Waals surface area contributed by atoms with Crippen molar-refractivity contribution in [1.82, 2.24) is 0 Å². The van der Waals surface area contributed by atoms with Crippen molar-refractivity contribution in [2.75, 3.05) is 6.54 Å². The average molecular weight is 316 g/mol. The molecule has 0 atom stereocenters. The number of primary sulfonamides is 1. The maximum absolute atomic E-state index is 11.4. The molecule has 5 heteroatoms. The van der Waals surface area contributed by atoms with E-state index in [-0.39, 0.29) is 4.90 Å². The number of hydrogen-bond acceptors (Lipinski definition) is 3. The van der Waals surface area contributed by atoms with Crippen molar-refractivity contribution in [3.63, 3.8) is 0 Å². The molecule has 0 amide bonds. The number of rotatable bonds is 5. The van der Waals surface area contributed by atoms with Gasteiger partial charge in [-0.1, -0.05) is 36.4 Å². The Kier molecular flexibility index (Phi) is 3.80. The zero-order chi connectivity index (χ0) is 15.8. The topological polar surface area (TPSA) is 86.2 Å². The van der Waals surface area contributed by atoms with Crippen molar-refractivity contribution in [2.45, 2.75) is 24.2 Å². The Bertz CT molecular complexity index is 779. The van der Waals surface area contributed by atoms with Gasteiger partial charge in [0, 0.05) is 0 Å². The standard InChI is InChI=1S/C17H20N2O2S/c18-12-17(8-9-17)11-13-4-6-14(7-5-13)15-2-1-3-16(10-15)22(19,20)21/h1-7,10H,8-9,11-12,18H2,(H2,19,20,21). The molecule has 0 unspecified atom stereocenters. The quantitative estimate of drug-likeness (QED) is 0.887. The molecule has 2 aromatic rings. The highest BCUT2D eigenvalue weighted by Crippen LogP contribution is 2.47. The van der Waals surface area contributed by atoms with E-state index in [1.165, 1.54) is 24.5 Å². The van der Waals surface area contributed by atoms with Crippen LogP contribution in [0.25, 0.3) is 11.1 Å². The molecule has 1 aliphatic carbocycles. The second-order valence-electron chi connectivity index (χ2n) is 6.15. The van der Waals surface area contributed by atoms with Crippen LogP contribution in [0.3, 0.4) is 0 Å². The Balaban J connectivity index is 1.84. The van der Waals surface area contributed by atoms with Gasteiger partial charge in [-0.25, -0.2) is 13.6 Å². The predicted molar refractivity (Wildman–Crippen MR) is 87.7 cm³/mol. The van der Waals surface area contributed by atoms with Crippen LogP contribution in [0, 0.1) is 5.41 Å². The molecule has 0 heterocycles. The fraction of sp³-hybridized carbons (Fsp3) is 0.294. The Morgan fingerprint density at radius 3 is 2.23 bits per heavy atom. The molecule has 0 aromatic heterocycles. The summed E-state index contributed by atoms with van der Waals surface area (Å²) in [6.07, 6.45) is 3.43. The van der Waals surface area contributed by atoms with E-state index >= 15 is 0 Å². The van der Waals surface area contributed by atoms with Crippen LogP contribution in [-0.2, 0) is 16.4 Å². The molecule has 1 saturated carbocycles. The number of benzene rings is 2. The highest BCUT2D eigenvalue weighted by atomic mass is 32.2. The maximum atomic E-state index is 11.4. The zero-order valence-electron chi connectivity index (χ0n) is 12.3. The molecule has 4 N–H and O–H groups in total. The molecule has 4 nitrogen and oxygen atoms in total. The van der Waals surface area contributed by atoms with Crippen LogP contribution < -0.4 is 10.9 Å². The third kappa shape index (κ3) is 3.21. The monoisotopic (exact) mass is 316 g/mol. The Morgan fingerprint density at radius 2 is 1.68 bits per heavy atom. The van der Waals surface area contributed by atoms with Gasteiger partial charge in [-0.05, 0) is 60.0 Å². The highest BCUT2D eigenvalue weighted by molar-refractivity contribution is 7.89. The van der Waals surface area contributed by atoms with E-state index in [9.17, 15) is 8.42 Å². The summed E-state index contributed by atoms with van der Waals surface area (Å²) >= 11 is 0. The summed E-state index contributed by atoms with van der Waals surface area (Å²) in [5.41, 5.74) is 9.24. The van der Waals surface area contributed by atoms with Crippen LogP contribution in [0.15, 0.2) is 53.4 Å². The zero-order valence-corrected chi connectivity index (χ0v) is 13.1. The van der Waals surface area contributed by atoms with Crippen LogP contribution in [0.4, 0.5) is 0 Å². The van der Waals surface area contributed by atoms with Gasteiger partial charge in [0.1, 0.15) is 0 Å². The van der Waals surface area contributed by atoms with Crippen LogP contribution in [0.5, 0.6) is 0 Å². The van der Waals surface area contributed by atoms with Gasteiger partial charge in [0.25, 0.3) is 0 Å². The Hall–Kier alpha value is -1.69. The van der Waals surface area contributed by atoms with Crippen molar-refractivity contribution in [1.29, 1.82) is 0 Å². The van der Waals surface area contributed by atoms with Crippen molar-refractivity contribution in [2.24, 2.45) is 16.3 Å². The van der Waals surface area contributed by atoms with Crippen molar-refractivity contribution >= 4 is 10.0 Å². The van der Waals surface area contributed by atoms with Gasteiger partial charge in [0.15, 0.2) is 0 Å². The average Bonchev–Trinajstić information content (AvgIpc) is 3.28. The summed E-state index contributed by atoms with van der Waals surface area (Å²) in [5, 5.41) is 5.18. The van der Waals surface area contributed by atoms with Gasteiger partial charge >= 0.3 is 0 Å². The Morgan fingerprint density at radius 1 is 1.00 bits per heavy atom. The summed E-state index contributed by atoms with van der Waals surface area (Å²) in [6.45, 7) is 0.741. The smallest absolute Gasteiger partial charge is 0.238 e. The molecule has 1 aliphatic rings. The summed E-state index contributed by atoms with van der Waals surface area (Å²) < 4.78 is 22.9. The number of hydrogen-bond donors (Lipinski definition) is 2. The van der Waals surface area contributed by atoms with Crippen LogP contribution in [0.2, 0.25) is 0 Å². The summed E-state index contributed by atoms with van der Waals surface area (Å²) in [6, 6.07) is 14.9. The third-order valence-electron chi connectivity index (χ3n) is 4.42. The maximum Gasteiger partial charge on any atom is 0.238 e. The SMILES string of the molecule is NCC1(Cc2ccc(-c3cccc(S(N)(=O)=O)c3)cc2)CC1. The fourth-order valence-corrected chi connectivity index (χ4v) is 3.29. The molecular weight excluding hydrogens is 296 g/mol. The lowest BCUT2D eigenvalue weighted by Crippen LogP contribution is -2.17. The molecule has 0 spiro atoms. The van der Waals surface area contributed by atoms with Crippen molar-refractivity contribution in [3.05, 3.63) is 54.1 Å². The first kappa shape index (κ1) is 15.2. The molecule has 2 aromatic carbocycles. The lowest BCUT2D eigenvalue weighted by molar-refractivity contribution is 0.521. The van der Waals surface area contributed by atoms with Crippen molar-refractivity contribution in [3.8, 4) is 11.1 Å². The van der Waals surface area contributed by atoms with Gasteiger partial charge in [0.2, 0.25) is 10.0 Å². The van der Waals surface area contributed by atoms with Gasteiger partial charge < -0.3 is 5.73 Å². The minimum absolute atomic E-state index is 0.133. The second kappa shape index (κ2) is 5.50. The lowest BCUT2D eigenvalue weighted by atomic mass is 9.95. The summed E-state index contributed by atoms with van der Waals surface area (Å²) in [7, 11) is -3.67. The minimum atomic E-state index is -3.67. The fourth-order valence-electron chi connectivity index (χ4n) is 2.73. The van der Waals surface area contributed by atoms with E-state index in [0.29, 0.717) is 5.41 Å². The lowest BCUT2D eigenvalue weighted by Gasteiger charge is -2.12. The van der Waals surface area contributed by atoms with E-state index in [4.69, 9.17) is 10.9 Å². The highest BCUT2D eigenvalue weighted by Gasteiger charge is 2.40. The first-order chi connectivity index (χ1) is 10.4. The summed E-state index contributed by atoms with van der Waals surface area (Å²) in [4.78, 5) is 0.133. The number of sulfonamides is 1. The van der Waals surface area contributed by atoms with Gasteiger partial charge in [-0.15, -0.1) is 0 Å².